The summed E-state index contributed by atoms with van der Waals surface area (Å²) in [5, 5.41) is 3.36. The second-order valence-electron chi connectivity index (χ2n) is 7.21. The normalized spacial score (nSPS) is 12.3. The molecule has 1 amide bonds. The first kappa shape index (κ1) is 21.3. The molecule has 4 aromatic rings. The maximum Gasteiger partial charge on any atom is 0.336 e. The Morgan fingerprint density at radius 1 is 0.906 bits per heavy atom. The van der Waals surface area contributed by atoms with Crippen LogP contribution in [0, 0.1) is 0 Å². The van der Waals surface area contributed by atoms with Crippen molar-refractivity contribution in [2.24, 2.45) is 0 Å². The van der Waals surface area contributed by atoms with Crippen molar-refractivity contribution in [1.29, 1.82) is 0 Å². The van der Waals surface area contributed by atoms with Gasteiger partial charge < -0.3 is 9.73 Å². The van der Waals surface area contributed by atoms with E-state index in [0.29, 0.717) is 5.39 Å². The lowest BCUT2D eigenvalue weighted by Crippen LogP contribution is -2.28. The van der Waals surface area contributed by atoms with Crippen LogP contribution >= 0.6 is 0 Å². The number of rotatable bonds is 6. The van der Waals surface area contributed by atoms with E-state index in [1.165, 1.54) is 36.4 Å². The molecule has 0 aliphatic rings. The molecule has 3 aromatic carbocycles. The Bertz CT molecular complexity index is 1450. The van der Waals surface area contributed by atoms with Crippen LogP contribution in [0.25, 0.3) is 11.0 Å². The average Bonchev–Trinajstić information content (AvgIpc) is 2.79. The van der Waals surface area contributed by atoms with E-state index in [0.717, 1.165) is 5.56 Å². The number of benzene rings is 3. The van der Waals surface area contributed by atoms with Gasteiger partial charge in [0, 0.05) is 11.5 Å². The van der Waals surface area contributed by atoms with E-state index in [4.69, 9.17) is 4.42 Å². The highest BCUT2D eigenvalue weighted by Gasteiger charge is 2.20. The largest absolute Gasteiger partial charge is 0.423 e. The second-order valence-corrected chi connectivity index (χ2v) is 8.89. The van der Waals surface area contributed by atoms with E-state index in [1.54, 1.807) is 18.2 Å². The fraction of sp³-hybridized carbons (Fsp3) is 0.0833. The summed E-state index contributed by atoms with van der Waals surface area (Å²) in [4.78, 5) is 24.2. The average molecular weight is 449 g/mol. The van der Waals surface area contributed by atoms with Gasteiger partial charge in [0.25, 0.3) is 15.9 Å². The molecule has 4 rings (SSSR count). The van der Waals surface area contributed by atoms with Gasteiger partial charge in [0.1, 0.15) is 5.58 Å². The maximum absolute atomic E-state index is 13.0. The number of para-hydroxylation sites is 1. The molecule has 0 radical (unpaired) electrons. The van der Waals surface area contributed by atoms with Crippen LogP contribution in [0.4, 0.5) is 5.69 Å². The van der Waals surface area contributed by atoms with Gasteiger partial charge in [-0.2, -0.15) is 0 Å². The molecule has 0 saturated carbocycles. The number of hydrogen-bond acceptors (Lipinski definition) is 5. The van der Waals surface area contributed by atoms with E-state index in [2.05, 4.69) is 10.0 Å². The molecule has 2 N–H and O–H groups in total. The topological polar surface area (TPSA) is 105 Å². The summed E-state index contributed by atoms with van der Waals surface area (Å²) in [5.74, 6) is -0.403. The van der Waals surface area contributed by atoms with Gasteiger partial charge >= 0.3 is 5.63 Å². The molecule has 7 nitrogen and oxygen atoms in total. The maximum atomic E-state index is 13.0. The van der Waals surface area contributed by atoms with Crippen molar-refractivity contribution in [2.75, 3.05) is 4.72 Å². The summed E-state index contributed by atoms with van der Waals surface area (Å²) in [5.41, 5.74) is 1.05. The lowest BCUT2D eigenvalue weighted by Gasteiger charge is -2.17. The molecule has 1 heterocycles. The van der Waals surface area contributed by atoms with Crippen LogP contribution in [-0.4, -0.2) is 14.3 Å². The molecule has 8 heteroatoms. The minimum Gasteiger partial charge on any atom is -0.423 e. The molecule has 0 bridgehead atoms. The van der Waals surface area contributed by atoms with E-state index in [9.17, 15) is 18.0 Å². The first-order chi connectivity index (χ1) is 15.3. The number of anilines is 1. The third kappa shape index (κ3) is 4.55. The summed E-state index contributed by atoms with van der Waals surface area (Å²) in [6.07, 6.45) is 0. The monoisotopic (exact) mass is 448 g/mol. The SMILES string of the molecule is C[C@H](NC(=O)c1ccccc1NS(=O)(=O)c1ccc2oc(=O)ccc2c1)c1ccccc1. The summed E-state index contributed by atoms with van der Waals surface area (Å²) >= 11 is 0. The second kappa shape index (κ2) is 8.68. The Balaban J connectivity index is 1.60. The fourth-order valence-electron chi connectivity index (χ4n) is 3.29. The van der Waals surface area contributed by atoms with E-state index < -0.39 is 21.6 Å². The molecule has 0 aliphatic heterocycles. The van der Waals surface area contributed by atoms with Gasteiger partial charge in [0.2, 0.25) is 0 Å². The van der Waals surface area contributed by atoms with Crippen LogP contribution in [0.15, 0.2) is 99.0 Å². The van der Waals surface area contributed by atoms with Gasteiger partial charge in [-0.1, -0.05) is 42.5 Å². The summed E-state index contributed by atoms with van der Waals surface area (Å²) in [7, 11) is -4.00. The van der Waals surface area contributed by atoms with Gasteiger partial charge in [-0.15, -0.1) is 0 Å². The fourth-order valence-corrected chi connectivity index (χ4v) is 4.41. The van der Waals surface area contributed by atoms with Crippen molar-refractivity contribution in [2.45, 2.75) is 17.9 Å². The van der Waals surface area contributed by atoms with Crippen LogP contribution in [0.3, 0.4) is 0 Å². The predicted molar refractivity (Wildman–Crippen MR) is 122 cm³/mol. The Kier molecular flexibility index (Phi) is 5.79. The lowest BCUT2D eigenvalue weighted by molar-refractivity contribution is 0.0941. The smallest absolute Gasteiger partial charge is 0.336 e. The van der Waals surface area contributed by atoms with E-state index in [-0.39, 0.29) is 27.8 Å². The van der Waals surface area contributed by atoms with E-state index >= 15 is 0 Å². The summed E-state index contributed by atoms with van der Waals surface area (Å²) < 4.78 is 33.5. The van der Waals surface area contributed by atoms with Gasteiger partial charge in [0.05, 0.1) is 22.2 Å². The number of hydrogen-bond donors (Lipinski definition) is 2. The Labute approximate surface area is 184 Å². The number of nitrogens with one attached hydrogen (secondary N) is 2. The summed E-state index contributed by atoms with van der Waals surface area (Å²) in [6.45, 7) is 1.85. The standard InChI is InChI=1S/C24H20N2O5S/c1-16(17-7-3-2-4-8-17)25-24(28)20-9-5-6-10-21(20)26-32(29,30)19-12-13-22-18(15-19)11-14-23(27)31-22/h2-16,26H,1H3,(H,25,28)/t16-/m0/s1. The molecule has 0 saturated heterocycles. The highest BCUT2D eigenvalue weighted by Crippen LogP contribution is 2.23. The van der Waals surface area contributed by atoms with Crippen LogP contribution in [0.1, 0.15) is 28.9 Å². The van der Waals surface area contributed by atoms with Crippen LogP contribution < -0.4 is 15.7 Å². The van der Waals surface area contributed by atoms with Gasteiger partial charge in [-0.25, -0.2) is 13.2 Å². The Morgan fingerprint density at radius 3 is 2.41 bits per heavy atom. The zero-order valence-electron chi connectivity index (χ0n) is 17.1. The number of fused-ring (bicyclic) bond motifs is 1. The molecule has 162 valence electrons. The molecular weight excluding hydrogens is 428 g/mol. The van der Waals surface area contributed by atoms with Crippen molar-refractivity contribution < 1.29 is 17.6 Å². The third-order valence-electron chi connectivity index (χ3n) is 4.96. The molecule has 0 spiro atoms. The van der Waals surface area contributed by atoms with Crippen molar-refractivity contribution in [3.8, 4) is 0 Å². The first-order valence-corrected chi connectivity index (χ1v) is 11.3. The first-order valence-electron chi connectivity index (χ1n) is 9.85. The molecule has 0 unspecified atom stereocenters. The quantitative estimate of drug-likeness (QED) is 0.432. The summed E-state index contributed by atoms with van der Waals surface area (Å²) in [6, 6.07) is 22.5. The molecule has 1 atom stereocenters. The van der Waals surface area contributed by atoms with Crippen LogP contribution in [0.5, 0.6) is 0 Å². The highest BCUT2D eigenvalue weighted by atomic mass is 32.2. The van der Waals surface area contributed by atoms with Crippen molar-refractivity contribution in [3.05, 3.63) is 106 Å². The minimum absolute atomic E-state index is 0.0216. The Hall–Kier alpha value is -3.91. The number of carbonyl (C=O) groups is 1. The van der Waals surface area contributed by atoms with E-state index in [1.807, 2.05) is 37.3 Å². The zero-order chi connectivity index (χ0) is 22.7. The molecule has 0 aliphatic carbocycles. The number of carbonyl (C=O) groups excluding carboxylic acids is 1. The van der Waals surface area contributed by atoms with Crippen molar-refractivity contribution >= 4 is 32.6 Å². The Morgan fingerprint density at radius 2 is 1.62 bits per heavy atom. The van der Waals surface area contributed by atoms with Gasteiger partial charge in [-0.05, 0) is 48.9 Å². The van der Waals surface area contributed by atoms with Crippen LogP contribution in [-0.2, 0) is 10.0 Å². The predicted octanol–water partition coefficient (Wildman–Crippen LogP) is 4.08. The number of amides is 1. The molecular formula is C24H20N2O5S. The van der Waals surface area contributed by atoms with Gasteiger partial charge in [0.15, 0.2) is 0 Å². The van der Waals surface area contributed by atoms with Gasteiger partial charge in [-0.3, -0.25) is 9.52 Å². The molecule has 1 aromatic heterocycles. The minimum atomic E-state index is -4.00. The van der Waals surface area contributed by atoms with Crippen molar-refractivity contribution in [1.82, 2.24) is 5.32 Å². The lowest BCUT2D eigenvalue weighted by atomic mass is 10.1. The van der Waals surface area contributed by atoms with Crippen LogP contribution in [0.2, 0.25) is 0 Å². The van der Waals surface area contributed by atoms with Crippen molar-refractivity contribution in [3.63, 3.8) is 0 Å². The third-order valence-corrected chi connectivity index (χ3v) is 6.33. The zero-order valence-corrected chi connectivity index (χ0v) is 17.9. The highest BCUT2D eigenvalue weighted by molar-refractivity contribution is 7.92. The molecule has 32 heavy (non-hydrogen) atoms. The molecule has 0 fully saturated rings. The number of sulfonamides is 1.